The van der Waals surface area contributed by atoms with E-state index in [0.29, 0.717) is 17.3 Å². The zero-order valence-corrected chi connectivity index (χ0v) is 12.5. The number of benzene rings is 1. The Morgan fingerprint density at radius 2 is 2.05 bits per heavy atom. The Morgan fingerprint density at radius 3 is 2.62 bits per heavy atom. The Hall–Kier alpha value is -1.63. The summed E-state index contributed by atoms with van der Waals surface area (Å²) in [5.74, 6) is 0.886. The van der Waals surface area contributed by atoms with Gasteiger partial charge in [-0.2, -0.15) is 13.2 Å². The summed E-state index contributed by atoms with van der Waals surface area (Å²) in [6.45, 7) is 0.118. The van der Waals surface area contributed by atoms with E-state index in [1.807, 2.05) is 0 Å². The van der Waals surface area contributed by atoms with Crippen molar-refractivity contribution in [2.75, 3.05) is 20.7 Å². The molecular weight excluding hydrogens is 307 g/mol. The van der Waals surface area contributed by atoms with Crippen LogP contribution in [0.5, 0.6) is 5.75 Å². The van der Waals surface area contributed by atoms with Crippen molar-refractivity contribution in [1.29, 1.82) is 0 Å². The minimum atomic E-state index is -4.19. The van der Waals surface area contributed by atoms with Crippen molar-refractivity contribution in [3.63, 3.8) is 0 Å². The van der Waals surface area contributed by atoms with Gasteiger partial charge in [-0.15, -0.1) is 0 Å². The monoisotopic (exact) mass is 323 g/mol. The van der Waals surface area contributed by atoms with Crippen LogP contribution >= 0.6 is 11.6 Å². The van der Waals surface area contributed by atoms with Crippen molar-refractivity contribution >= 4 is 17.6 Å². The molecule has 1 aromatic carbocycles. The Balaban J connectivity index is 2.52. The van der Waals surface area contributed by atoms with Crippen LogP contribution in [-0.2, 0) is 6.54 Å². The number of hydrogen-bond acceptors (Lipinski definition) is 2. The maximum Gasteiger partial charge on any atom is 0.390 e. The molecule has 0 saturated heterocycles. The van der Waals surface area contributed by atoms with E-state index in [4.69, 9.17) is 16.3 Å². The summed E-state index contributed by atoms with van der Waals surface area (Å²) in [6, 6.07) is 5.15. The predicted octanol–water partition coefficient (Wildman–Crippen LogP) is 2.97. The lowest BCUT2D eigenvalue weighted by molar-refractivity contribution is -0.132. The van der Waals surface area contributed by atoms with Gasteiger partial charge in [-0.05, 0) is 12.1 Å². The number of ether oxygens (including phenoxy) is 1. The maximum atomic E-state index is 12.1. The molecule has 0 spiro atoms. The molecule has 2 N–H and O–H groups in total. The molecule has 0 atom stereocenters. The van der Waals surface area contributed by atoms with Crippen molar-refractivity contribution in [3.05, 3.63) is 28.8 Å². The summed E-state index contributed by atoms with van der Waals surface area (Å²) in [5, 5.41) is 6.06. The molecule has 1 aromatic rings. The van der Waals surface area contributed by atoms with Crippen molar-refractivity contribution in [1.82, 2.24) is 10.6 Å². The van der Waals surface area contributed by atoms with E-state index in [1.165, 1.54) is 14.2 Å². The Morgan fingerprint density at radius 1 is 1.33 bits per heavy atom. The normalized spacial score (nSPS) is 12.2. The highest BCUT2D eigenvalue weighted by molar-refractivity contribution is 6.30. The second kappa shape index (κ2) is 7.97. The average Bonchev–Trinajstić information content (AvgIpc) is 2.42. The smallest absolute Gasteiger partial charge is 0.390 e. The van der Waals surface area contributed by atoms with Gasteiger partial charge in [0.15, 0.2) is 5.96 Å². The summed E-state index contributed by atoms with van der Waals surface area (Å²) >= 11 is 5.85. The van der Waals surface area contributed by atoms with E-state index in [-0.39, 0.29) is 12.5 Å². The molecule has 0 aliphatic heterocycles. The topological polar surface area (TPSA) is 45.7 Å². The molecule has 0 fully saturated rings. The van der Waals surface area contributed by atoms with Gasteiger partial charge in [-0.1, -0.05) is 17.7 Å². The van der Waals surface area contributed by atoms with Crippen molar-refractivity contribution in [3.8, 4) is 5.75 Å². The van der Waals surface area contributed by atoms with Crippen molar-refractivity contribution in [2.24, 2.45) is 4.99 Å². The first-order valence-electron chi connectivity index (χ1n) is 6.19. The van der Waals surface area contributed by atoms with Crippen molar-refractivity contribution < 1.29 is 17.9 Å². The van der Waals surface area contributed by atoms with Gasteiger partial charge >= 0.3 is 6.18 Å². The van der Waals surface area contributed by atoms with Gasteiger partial charge in [0.1, 0.15) is 5.75 Å². The third-order valence-corrected chi connectivity index (χ3v) is 2.86. The van der Waals surface area contributed by atoms with Crippen molar-refractivity contribution in [2.45, 2.75) is 19.1 Å². The average molecular weight is 324 g/mol. The van der Waals surface area contributed by atoms with Gasteiger partial charge in [0.05, 0.1) is 13.5 Å². The number of halogens is 4. The van der Waals surface area contributed by atoms with Gasteiger partial charge in [0.2, 0.25) is 0 Å². The van der Waals surface area contributed by atoms with Crippen LogP contribution < -0.4 is 15.4 Å². The zero-order chi connectivity index (χ0) is 15.9. The molecule has 4 nitrogen and oxygen atoms in total. The molecule has 0 aromatic heterocycles. The standard InChI is InChI=1S/C13H17ClF3N3O/c1-18-12(19-6-5-13(15,16)17)20-8-9-3-4-10(14)7-11(9)21-2/h3-4,7H,5-6,8H2,1-2H3,(H2,18,19,20). The van der Waals surface area contributed by atoms with Crippen LogP contribution in [0.4, 0.5) is 13.2 Å². The molecule has 118 valence electrons. The second-order valence-corrected chi connectivity index (χ2v) is 4.61. The van der Waals surface area contributed by atoms with Gasteiger partial charge in [-0.25, -0.2) is 0 Å². The summed E-state index contributed by atoms with van der Waals surface area (Å²) < 4.78 is 41.4. The first-order chi connectivity index (χ1) is 9.85. The van der Waals surface area contributed by atoms with Crippen LogP contribution in [0, 0.1) is 0 Å². The molecular formula is C13H17ClF3N3O. The summed E-state index contributed by atoms with van der Waals surface area (Å²) in [7, 11) is 3.01. The van der Waals surface area contributed by atoms with E-state index in [0.717, 1.165) is 5.56 Å². The van der Waals surface area contributed by atoms with Gasteiger partial charge < -0.3 is 15.4 Å². The number of alkyl halides is 3. The molecule has 0 unspecified atom stereocenters. The quantitative estimate of drug-likeness (QED) is 0.647. The fourth-order valence-corrected chi connectivity index (χ4v) is 1.75. The molecule has 1 rings (SSSR count). The summed E-state index contributed by atoms with van der Waals surface area (Å²) in [4.78, 5) is 3.86. The number of methoxy groups -OCH3 is 1. The third-order valence-electron chi connectivity index (χ3n) is 2.62. The first-order valence-corrected chi connectivity index (χ1v) is 6.57. The minimum Gasteiger partial charge on any atom is -0.496 e. The van der Waals surface area contributed by atoms with E-state index in [9.17, 15) is 13.2 Å². The Bertz CT molecular complexity index is 492. The van der Waals surface area contributed by atoms with Crippen LogP contribution in [0.3, 0.4) is 0 Å². The Labute approximate surface area is 126 Å². The van der Waals surface area contributed by atoms with Gasteiger partial charge in [0.25, 0.3) is 0 Å². The van der Waals surface area contributed by atoms with Crippen LogP contribution in [0.2, 0.25) is 5.02 Å². The highest BCUT2D eigenvalue weighted by Crippen LogP contribution is 2.22. The van der Waals surface area contributed by atoms with E-state index >= 15 is 0 Å². The summed E-state index contributed by atoms with van der Waals surface area (Å²) in [5.41, 5.74) is 0.820. The largest absolute Gasteiger partial charge is 0.496 e. The highest BCUT2D eigenvalue weighted by Gasteiger charge is 2.26. The van der Waals surface area contributed by atoms with E-state index in [1.54, 1.807) is 18.2 Å². The molecule has 0 bridgehead atoms. The molecule has 0 aliphatic rings. The van der Waals surface area contributed by atoms with Gasteiger partial charge in [0, 0.05) is 30.7 Å². The lowest BCUT2D eigenvalue weighted by Crippen LogP contribution is -2.38. The number of aliphatic imine (C=N–C) groups is 1. The number of guanidine groups is 1. The van der Waals surface area contributed by atoms with Crippen LogP contribution in [0.25, 0.3) is 0 Å². The second-order valence-electron chi connectivity index (χ2n) is 4.17. The minimum absolute atomic E-state index is 0.235. The lowest BCUT2D eigenvalue weighted by Gasteiger charge is -2.14. The highest BCUT2D eigenvalue weighted by atomic mass is 35.5. The molecule has 0 saturated carbocycles. The molecule has 0 heterocycles. The number of rotatable bonds is 5. The zero-order valence-electron chi connectivity index (χ0n) is 11.7. The molecule has 0 aliphatic carbocycles. The SMILES string of the molecule is CN=C(NCCC(F)(F)F)NCc1ccc(Cl)cc1OC. The van der Waals surface area contributed by atoms with E-state index < -0.39 is 12.6 Å². The Kier molecular flexibility index (Phi) is 6.61. The third kappa shape index (κ3) is 6.57. The predicted molar refractivity (Wildman–Crippen MR) is 76.9 cm³/mol. The number of hydrogen-bond donors (Lipinski definition) is 2. The van der Waals surface area contributed by atoms with Crippen LogP contribution in [-0.4, -0.2) is 32.8 Å². The van der Waals surface area contributed by atoms with Crippen LogP contribution in [0.15, 0.2) is 23.2 Å². The maximum absolute atomic E-state index is 12.1. The fraction of sp³-hybridized carbons (Fsp3) is 0.462. The number of nitrogens with zero attached hydrogens (tertiary/aromatic N) is 1. The number of nitrogens with one attached hydrogen (secondary N) is 2. The molecule has 0 amide bonds. The lowest BCUT2D eigenvalue weighted by atomic mass is 10.2. The van der Waals surface area contributed by atoms with Gasteiger partial charge in [-0.3, -0.25) is 4.99 Å². The molecule has 21 heavy (non-hydrogen) atoms. The molecule has 8 heteroatoms. The first kappa shape index (κ1) is 17.4. The fourth-order valence-electron chi connectivity index (χ4n) is 1.59. The molecule has 0 radical (unpaired) electrons. The van der Waals surface area contributed by atoms with Crippen LogP contribution in [0.1, 0.15) is 12.0 Å². The van der Waals surface area contributed by atoms with E-state index in [2.05, 4.69) is 15.6 Å². The summed E-state index contributed by atoms with van der Waals surface area (Å²) in [6.07, 6.45) is -5.11.